The zero-order valence-electron chi connectivity index (χ0n) is 16.6. The van der Waals surface area contributed by atoms with Crippen LogP contribution >= 0.6 is 0 Å². The van der Waals surface area contributed by atoms with Crippen LogP contribution in [0.5, 0.6) is 0 Å². The molecule has 0 aliphatic heterocycles. The van der Waals surface area contributed by atoms with Crippen LogP contribution in [0.15, 0.2) is 77.4 Å². The van der Waals surface area contributed by atoms with Gasteiger partial charge in [-0.2, -0.15) is 0 Å². The fourth-order valence-electron chi connectivity index (χ4n) is 3.10. The topological polar surface area (TPSA) is 67.2 Å². The van der Waals surface area contributed by atoms with E-state index in [-0.39, 0.29) is 0 Å². The highest BCUT2D eigenvalue weighted by atomic mass is 19.1. The molecule has 0 spiro atoms. The summed E-state index contributed by atoms with van der Waals surface area (Å²) < 4.78 is 18.9. The molecule has 2 N–H and O–H groups in total. The van der Waals surface area contributed by atoms with Gasteiger partial charge in [0.2, 0.25) is 5.89 Å². The van der Waals surface area contributed by atoms with E-state index in [1.807, 2.05) is 26.0 Å². The fourth-order valence-corrected chi connectivity index (χ4v) is 3.10. The van der Waals surface area contributed by atoms with Crippen molar-refractivity contribution in [1.29, 1.82) is 0 Å². The average molecular weight is 401 g/mol. The van der Waals surface area contributed by atoms with Gasteiger partial charge in [0, 0.05) is 22.5 Å². The molecule has 1 aromatic heterocycles. The third-order valence-electron chi connectivity index (χ3n) is 4.65. The van der Waals surface area contributed by atoms with Crippen molar-refractivity contribution >= 4 is 17.4 Å². The lowest BCUT2D eigenvalue weighted by Crippen LogP contribution is -2.19. The van der Waals surface area contributed by atoms with E-state index in [1.54, 1.807) is 24.5 Å². The maximum Gasteiger partial charge on any atom is 0.323 e. The second-order valence-electron chi connectivity index (χ2n) is 7.02. The summed E-state index contributed by atoms with van der Waals surface area (Å²) in [4.78, 5) is 16.7. The first-order valence-electron chi connectivity index (χ1n) is 9.45. The normalized spacial score (nSPS) is 10.6. The number of oxazole rings is 1. The maximum atomic E-state index is 13.2. The number of rotatable bonds is 4. The van der Waals surface area contributed by atoms with Gasteiger partial charge in [-0.25, -0.2) is 14.2 Å². The molecule has 3 aromatic carbocycles. The first kappa shape index (κ1) is 19.4. The zero-order chi connectivity index (χ0) is 21.1. The van der Waals surface area contributed by atoms with Gasteiger partial charge < -0.3 is 15.1 Å². The maximum absolute atomic E-state index is 13.2. The molecule has 4 rings (SSSR count). The van der Waals surface area contributed by atoms with Gasteiger partial charge in [0.15, 0.2) is 0 Å². The van der Waals surface area contributed by atoms with Crippen molar-refractivity contribution < 1.29 is 13.6 Å². The second-order valence-corrected chi connectivity index (χ2v) is 7.02. The van der Waals surface area contributed by atoms with E-state index in [1.165, 1.54) is 18.2 Å². The molecule has 0 atom stereocenters. The number of hydrogen-bond donors (Lipinski definition) is 2. The van der Waals surface area contributed by atoms with E-state index in [0.717, 1.165) is 27.9 Å². The number of anilines is 2. The summed E-state index contributed by atoms with van der Waals surface area (Å²) in [7, 11) is 0. The Morgan fingerprint density at radius 2 is 1.70 bits per heavy atom. The number of amides is 2. The van der Waals surface area contributed by atoms with E-state index in [0.29, 0.717) is 17.3 Å². The van der Waals surface area contributed by atoms with E-state index >= 15 is 0 Å². The average Bonchev–Trinajstić information content (AvgIpc) is 3.20. The predicted molar refractivity (Wildman–Crippen MR) is 116 cm³/mol. The molecule has 5 nitrogen and oxygen atoms in total. The van der Waals surface area contributed by atoms with Crippen LogP contribution in [0.2, 0.25) is 0 Å². The number of hydrogen-bond acceptors (Lipinski definition) is 3. The number of nitrogens with zero attached hydrogens (tertiary/aromatic N) is 1. The van der Waals surface area contributed by atoms with Crippen molar-refractivity contribution in [2.24, 2.45) is 0 Å². The van der Waals surface area contributed by atoms with E-state index in [9.17, 15) is 9.18 Å². The summed E-state index contributed by atoms with van der Waals surface area (Å²) in [6.07, 6.45) is 1.65. The summed E-state index contributed by atoms with van der Waals surface area (Å²) in [5, 5.41) is 5.30. The number of carbonyl (C=O) groups excluding carboxylic acids is 1. The fraction of sp³-hybridized carbons (Fsp3) is 0.0833. The standard InChI is InChI=1S/C24H20FN3O2/c1-15-6-7-16(2)21(12-15)22-14-30-23(28-22)17-8-10-19(11-9-17)26-24(29)27-20-5-3-4-18(25)13-20/h3-14H,1-2H3,(H2,26,27,29). The van der Waals surface area contributed by atoms with Gasteiger partial charge in [0.1, 0.15) is 17.8 Å². The molecule has 4 aromatic rings. The molecule has 0 saturated carbocycles. The molecule has 0 fully saturated rings. The van der Waals surface area contributed by atoms with Crippen molar-refractivity contribution in [2.45, 2.75) is 13.8 Å². The minimum Gasteiger partial charge on any atom is -0.444 e. The minimum absolute atomic E-state index is 0.378. The Labute approximate surface area is 173 Å². The highest BCUT2D eigenvalue weighted by Crippen LogP contribution is 2.28. The monoisotopic (exact) mass is 401 g/mol. The molecule has 0 bridgehead atoms. The van der Waals surface area contributed by atoms with Crippen LogP contribution in [0.25, 0.3) is 22.7 Å². The molecule has 0 unspecified atom stereocenters. The third-order valence-corrected chi connectivity index (χ3v) is 4.65. The van der Waals surface area contributed by atoms with Crippen LogP contribution < -0.4 is 10.6 Å². The van der Waals surface area contributed by atoms with Gasteiger partial charge in [0.05, 0.1) is 0 Å². The molecule has 150 valence electrons. The summed E-state index contributed by atoms with van der Waals surface area (Å²) in [6, 6.07) is 18.6. The van der Waals surface area contributed by atoms with E-state index in [2.05, 4.69) is 33.8 Å². The van der Waals surface area contributed by atoms with Crippen LogP contribution in [0.4, 0.5) is 20.6 Å². The van der Waals surface area contributed by atoms with Crippen LogP contribution in [0.3, 0.4) is 0 Å². The molecular formula is C24H20FN3O2. The Bertz CT molecular complexity index is 1200. The number of halogens is 1. The van der Waals surface area contributed by atoms with Gasteiger partial charge in [-0.15, -0.1) is 0 Å². The summed E-state index contributed by atoms with van der Waals surface area (Å²) in [5.41, 5.74) is 5.87. The molecule has 2 amide bonds. The molecule has 30 heavy (non-hydrogen) atoms. The van der Waals surface area contributed by atoms with Crippen LogP contribution in [-0.2, 0) is 0 Å². The molecule has 6 heteroatoms. The summed E-state index contributed by atoms with van der Waals surface area (Å²) >= 11 is 0. The van der Waals surface area contributed by atoms with Crippen LogP contribution in [0, 0.1) is 19.7 Å². The number of nitrogens with one attached hydrogen (secondary N) is 2. The Morgan fingerprint density at radius 1 is 0.933 bits per heavy atom. The molecular weight excluding hydrogens is 381 g/mol. The number of benzene rings is 3. The number of carbonyl (C=O) groups is 1. The third kappa shape index (κ3) is 4.38. The molecule has 0 radical (unpaired) electrons. The van der Waals surface area contributed by atoms with Gasteiger partial charge in [0.25, 0.3) is 0 Å². The van der Waals surface area contributed by atoms with Crippen molar-refractivity contribution in [3.05, 3.63) is 89.9 Å². The number of urea groups is 1. The van der Waals surface area contributed by atoms with Gasteiger partial charge in [-0.3, -0.25) is 0 Å². The summed E-state index contributed by atoms with van der Waals surface area (Å²) in [6.45, 7) is 4.08. The summed E-state index contributed by atoms with van der Waals surface area (Å²) in [5.74, 6) is 0.0880. The van der Waals surface area contributed by atoms with Crippen molar-refractivity contribution in [1.82, 2.24) is 4.98 Å². The molecule has 0 aliphatic rings. The van der Waals surface area contributed by atoms with Crippen LogP contribution in [0.1, 0.15) is 11.1 Å². The van der Waals surface area contributed by atoms with Gasteiger partial charge >= 0.3 is 6.03 Å². The SMILES string of the molecule is Cc1ccc(C)c(-c2coc(-c3ccc(NC(=O)Nc4cccc(F)c4)cc3)n2)c1. The number of aryl methyl sites for hydroxylation is 2. The quantitative estimate of drug-likeness (QED) is 0.415. The lowest BCUT2D eigenvalue weighted by atomic mass is 10.0. The van der Waals surface area contributed by atoms with Crippen LogP contribution in [-0.4, -0.2) is 11.0 Å². The smallest absolute Gasteiger partial charge is 0.323 e. The minimum atomic E-state index is -0.457. The Kier molecular flexibility index (Phi) is 5.30. The first-order chi connectivity index (χ1) is 14.5. The molecule has 0 aliphatic carbocycles. The van der Waals surface area contributed by atoms with Crippen molar-refractivity contribution in [2.75, 3.05) is 10.6 Å². The zero-order valence-corrected chi connectivity index (χ0v) is 16.6. The molecule has 1 heterocycles. The van der Waals surface area contributed by atoms with E-state index in [4.69, 9.17) is 4.42 Å². The lowest BCUT2D eigenvalue weighted by Gasteiger charge is -2.08. The number of aromatic nitrogens is 1. The predicted octanol–water partition coefficient (Wildman–Crippen LogP) is 6.41. The van der Waals surface area contributed by atoms with Gasteiger partial charge in [-0.1, -0.05) is 23.8 Å². The highest BCUT2D eigenvalue weighted by molar-refractivity contribution is 5.99. The Hall–Kier alpha value is -3.93. The van der Waals surface area contributed by atoms with E-state index < -0.39 is 11.8 Å². The Morgan fingerprint density at radius 3 is 2.47 bits per heavy atom. The van der Waals surface area contributed by atoms with Crippen molar-refractivity contribution in [3.63, 3.8) is 0 Å². The first-order valence-corrected chi connectivity index (χ1v) is 9.45. The largest absolute Gasteiger partial charge is 0.444 e. The molecule has 0 saturated heterocycles. The van der Waals surface area contributed by atoms with Crippen molar-refractivity contribution in [3.8, 4) is 22.7 Å². The highest BCUT2D eigenvalue weighted by Gasteiger charge is 2.11. The van der Waals surface area contributed by atoms with Gasteiger partial charge in [-0.05, 0) is 67.9 Å². The Balaban J connectivity index is 1.45. The lowest BCUT2D eigenvalue weighted by molar-refractivity contribution is 0.262. The second kappa shape index (κ2) is 8.21.